The first-order valence-electron chi connectivity index (χ1n) is 10.3. The molecule has 0 bridgehead atoms. The Morgan fingerprint density at radius 3 is 2.69 bits per heavy atom. The number of aryl methyl sites for hydroxylation is 1. The monoisotopic (exact) mass is 386 g/mol. The molecule has 0 aliphatic carbocycles. The first-order valence-corrected chi connectivity index (χ1v) is 10.3. The van der Waals surface area contributed by atoms with E-state index < -0.39 is 0 Å². The lowest BCUT2D eigenvalue weighted by atomic mass is 9.88. The van der Waals surface area contributed by atoms with Crippen molar-refractivity contribution >= 4 is 5.91 Å². The lowest BCUT2D eigenvalue weighted by Gasteiger charge is -2.28. The number of carbonyl (C=O) groups is 1. The molecule has 0 radical (unpaired) electrons. The fourth-order valence-electron chi connectivity index (χ4n) is 5.20. The third-order valence-corrected chi connectivity index (χ3v) is 6.55. The van der Waals surface area contributed by atoms with Gasteiger partial charge in [-0.2, -0.15) is 5.10 Å². The third-order valence-electron chi connectivity index (χ3n) is 6.55. The fraction of sp³-hybridized carbons (Fsp3) is 0.333. The highest BCUT2D eigenvalue weighted by Crippen LogP contribution is 2.45. The molecule has 2 aromatic carbocycles. The van der Waals surface area contributed by atoms with Crippen molar-refractivity contribution in [2.45, 2.75) is 13.0 Å². The normalized spacial score (nSPS) is 24.1. The molecule has 3 aromatic rings. The topological polar surface area (TPSA) is 41.4 Å². The van der Waals surface area contributed by atoms with Gasteiger partial charge in [-0.25, -0.2) is 4.68 Å². The largest absolute Gasteiger partial charge is 0.338 e. The number of hydrogen-bond acceptors (Lipinski definition) is 3. The van der Waals surface area contributed by atoms with E-state index in [1.54, 1.807) is 10.9 Å². The van der Waals surface area contributed by atoms with Crippen LogP contribution in [0.2, 0.25) is 0 Å². The molecule has 1 aromatic heterocycles. The van der Waals surface area contributed by atoms with E-state index >= 15 is 0 Å². The van der Waals surface area contributed by atoms with Crippen LogP contribution < -0.4 is 0 Å². The Bertz CT molecular complexity index is 1030. The number of amides is 1. The molecule has 148 valence electrons. The summed E-state index contributed by atoms with van der Waals surface area (Å²) in [5.74, 6) is 1.14. The predicted molar refractivity (Wildman–Crippen MR) is 113 cm³/mol. The van der Waals surface area contributed by atoms with Gasteiger partial charge in [-0.15, -0.1) is 0 Å². The summed E-state index contributed by atoms with van der Waals surface area (Å²) in [6, 6.07) is 18.7. The average Bonchev–Trinajstić information content (AvgIpc) is 3.45. The van der Waals surface area contributed by atoms with Crippen molar-refractivity contribution in [3.63, 3.8) is 0 Å². The zero-order valence-corrected chi connectivity index (χ0v) is 16.9. The molecule has 5 rings (SSSR count). The van der Waals surface area contributed by atoms with Crippen LogP contribution in [0.15, 0.2) is 67.0 Å². The number of aromatic nitrogens is 2. The molecule has 5 heteroatoms. The molecule has 3 heterocycles. The molecular weight excluding hydrogens is 360 g/mol. The van der Waals surface area contributed by atoms with Crippen LogP contribution in [-0.2, 0) is 0 Å². The maximum absolute atomic E-state index is 13.3. The summed E-state index contributed by atoms with van der Waals surface area (Å²) >= 11 is 0. The van der Waals surface area contributed by atoms with Crippen molar-refractivity contribution in [1.82, 2.24) is 19.6 Å². The smallest absolute Gasteiger partial charge is 0.253 e. The summed E-state index contributed by atoms with van der Waals surface area (Å²) in [7, 11) is 2.22. The Morgan fingerprint density at radius 1 is 1.03 bits per heavy atom. The first kappa shape index (κ1) is 18.1. The molecule has 29 heavy (non-hydrogen) atoms. The molecule has 2 aliphatic rings. The van der Waals surface area contributed by atoms with Gasteiger partial charge in [0, 0.05) is 49.6 Å². The van der Waals surface area contributed by atoms with Gasteiger partial charge in [0.2, 0.25) is 0 Å². The van der Waals surface area contributed by atoms with Crippen molar-refractivity contribution in [2.24, 2.45) is 11.8 Å². The molecule has 0 N–H and O–H groups in total. The van der Waals surface area contributed by atoms with E-state index in [4.69, 9.17) is 0 Å². The van der Waals surface area contributed by atoms with Gasteiger partial charge in [0.15, 0.2) is 0 Å². The number of rotatable bonds is 3. The number of carbonyl (C=O) groups excluding carboxylic acids is 1. The van der Waals surface area contributed by atoms with Gasteiger partial charge in [-0.3, -0.25) is 9.69 Å². The van der Waals surface area contributed by atoms with E-state index in [9.17, 15) is 4.79 Å². The number of nitrogens with zero attached hydrogens (tertiary/aromatic N) is 4. The highest BCUT2D eigenvalue weighted by Gasteiger charge is 2.47. The van der Waals surface area contributed by atoms with Crippen molar-refractivity contribution in [1.29, 1.82) is 0 Å². The molecular formula is C24H26N4O. The summed E-state index contributed by atoms with van der Waals surface area (Å²) in [6.45, 7) is 4.89. The summed E-state index contributed by atoms with van der Waals surface area (Å²) < 4.78 is 1.79. The Labute approximate surface area is 171 Å². The minimum Gasteiger partial charge on any atom is -0.338 e. The molecule has 3 atom stereocenters. The van der Waals surface area contributed by atoms with Gasteiger partial charge in [0.25, 0.3) is 5.91 Å². The number of hydrogen-bond donors (Lipinski definition) is 0. The van der Waals surface area contributed by atoms with E-state index in [0.717, 1.165) is 30.9 Å². The van der Waals surface area contributed by atoms with E-state index in [-0.39, 0.29) is 5.91 Å². The second kappa shape index (κ2) is 7.16. The standard InChI is InChI=1S/C24H26N4O/c1-17-7-3-4-10-21(17)23-22-16-27(15-19(22)14-26(23)2)24(29)18-8-5-9-20(13-18)28-12-6-11-25-28/h3-13,19,22-23H,14-16H2,1-2H3/t19-,22+,23-/m0/s1. The molecule has 1 amide bonds. The van der Waals surface area contributed by atoms with Gasteiger partial charge < -0.3 is 4.90 Å². The van der Waals surface area contributed by atoms with Crippen LogP contribution >= 0.6 is 0 Å². The summed E-state index contributed by atoms with van der Waals surface area (Å²) in [6.07, 6.45) is 3.64. The Balaban J connectivity index is 1.38. The van der Waals surface area contributed by atoms with Crippen molar-refractivity contribution < 1.29 is 4.79 Å². The van der Waals surface area contributed by atoms with Crippen LogP contribution in [0.25, 0.3) is 5.69 Å². The molecule has 2 saturated heterocycles. The SMILES string of the molecule is Cc1ccccc1[C@H]1[C@@H]2CN(C(=O)c3cccc(-n4cccn4)c3)C[C@@H]2CN1C. The number of likely N-dealkylation sites (tertiary alicyclic amines) is 2. The molecule has 0 spiro atoms. The zero-order valence-electron chi connectivity index (χ0n) is 16.9. The van der Waals surface area contributed by atoms with Crippen molar-refractivity contribution in [3.8, 4) is 5.69 Å². The third kappa shape index (κ3) is 3.15. The van der Waals surface area contributed by atoms with Crippen molar-refractivity contribution in [3.05, 3.63) is 83.7 Å². The van der Waals surface area contributed by atoms with Crippen LogP contribution in [0.4, 0.5) is 0 Å². The lowest BCUT2D eigenvalue weighted by Crippen LogP contribution is -2.33. The van der Waals surface area contributed by atoms with Gasteiger partial charge in [0.1, 0.15) is 0 Å². The van der Waals surface area contributed by atoms with Gasteiger partial charge in [-0.05, 0) is 55.3 Å². The van der Waals surface area contributed by atoms with E-state index in [1.807, 2.05) is 36.5 Å². The summed E-state index contributed by atoms with van der Waals surface area (Å²) in [5.41, 5.74) is 4.38. The minimum absolute atomic E-state index is 0.125. The van der Waals surface area contributed by atoms with E-state index in [0.29, 0.717) is 17.9 Å². The van der Waals surface area contributed by atoms with Crippen molar-refractivity contribution in [2.75, 3.05) is 26.7 Å². The Morgan fingerprint density at radius 2 is 1.90 bits per heavy atom. The fourth-order valence-corrected chi connectivity index (χ4v) is 5.20. The number of benzene rings is 2. The summed E-state index contributed by atoms with van der Waals surface area (Å²) in [5, 5.41) is 4.28. The lowest BCUT2D eigenvalue weighted by molar-refractivity contribution is 0.0768. The summed E-state index contributed by atoms with van der Waals surface area (Å²) in [4.78, 5) is 17.8. The van der Waals surface area contributed by atoms with Gasteiger partial charge in [-0.1, -0.05) is 30.3 Å². The maximum atomic E-state index is 13.3. The van der Waals surface area contributed by atoms with Gasteiger partial charge >= 0.3 is 0 Å². The van der Waals surface area contributed by atoms with Crippen LogP contribution in [-0.4, -0.2) is 52.2 Å². The predicted octanol–water partition coefficient (Wildman–Crippen LogP) is 3.56. The van der Waals surface area contributed by atoms with Crippen LogP contribution in [0.3, 0.4) is 0 Å². The first-order chi connectivity index (χ1) is 14.1. The average molecular weight is 386 g/mol. The van der Waals surface area contributed by atoms with Crippen LogP contribution in [0, 0.1) is 18.8 Å². The Kier molecular flexibility index (Phi) is 4.47. The van der Waals surface area contributed by atoms with E-state index in [2.05, 4.69) is 53.1 Å². The second-order valence-electron chi connectivity index (χ2n) is 8.38. The zero-order chi connectivity index (χ0) is 20.0. The molecule has 0 saturated carbocycles. The highest BCUT2D eigenvalue weighted by atomic mass is 16.2. The highest BCUT2D eigenvalue weighted by molar-refractivity contribution is 5.95. The maximum Gasteiger partial charge on any atom is 0.253 e. The molecule has 2 fully saturated rings. The molecule has 2 aliphatic heterocycles. The number of fused-ring (bicyclic) bond motifs is 1. The molecule has 5 nitrogen and oxygen atoms in total. The quantitative estimate of drug-likeness (QED) is 0.691. The molecule has 0 unspecified atom stereocenters. The van der Waals surface area contributed by atoms with Gasteiger partial charge in [0.05, 0.1) is 5.69 Å². The second-order valence-corrected chi connectivity index (χ2v) is 8.38. The van der Waals surface area contributed by atoms with E-state index in [1.165, 1.54) is 11.1 Å². The van der Waals surface area contributed by atoms with Crippen LogP contribution in [0.5, 0.6) is 0 Å². The minimum atomic E-state index is 0.125. The van der Waals surface area contributed by atoms with Crippen LogP contribution in [0.1, 0.15) is 27.5 Å². The Hall–Kier alpha value is -2.92.